The zero-order valence-corrected chi connectivity index (χ0v) is 16.2. The van der Waals surface area contributed by atoms with Crippen LogP contribution in [0.5, 0.6) is 0 Å². The predicted molar refractivity (Wildman–Crippen MR) is 102 cm³/mol. The molecule has 0 radical (unpaired) electrons. The lowest BCUT2D eigenvalue weighted by Gasteiger charge is -2.25. The van der Waals surface area contributed by atoms with Crippen molar-refractivity contribution < 1.29 is 4.79 Å². The van der Waals surface area contributed by atoms with Crippen molar-refractivity contribution in [1.29, 1.82) is 0 Å². The Morgan fingerprint density at radius 3 is 2.85 bits per heavy atom. The van der Waals surface area contributed by atoms with E-state index >= 15 is 0 Å². The largest absolute Gasteiger partial charge is 0.337 e. The van der Waals surface area contributed by atoms with Crippen molar-refractivity contribution in [3.63, 3.8) is 0 Å². The summed E-state index contributed by atoms with van der Waals surface area (Å²) in [6.45, 7) is 2.54. The summed E-state index contributed by atoms with van der Waals surface area (Å²) in [4.78, 5) is 19.5. The maximum atomic E-state index is 13.1. The highest BCUT2D eigenvalue weighted by Crippen LogP contribution is 2.26. The van der Waals surface area contributed by atoms with Crippen molar-refractivity contribution in [2.75, 3.05) is 13.1 Å². The van der Waals surface area contributed by atoms with E-state index in [1.54, 1.807) is 11.3 Å². The number of hydrogen-bond acceptors (Lipinski definition) is 5. The molecule has 0 bridgehead atoms. The van der Waals surface area contributed by atoms with E-state index in [0.717, 1.165) is 62.3 Å². The number of aryl methyl sites for hydroxylation is 1. The number of amides is 1. The van der Waals surface area contributed by atoms with Gasteiger partial charge < -0.3 is 10.2 Å². The molecule has 1 fully saturated rings. The predicted octanol–water partition coefficient (Wildman–Crippen LogP) is 2.54. The number of fused-ring (bicyclic) bond motifs is 1. The van der Waals surface area contributed by atoms with E-state index in [1.165, 1.54) is 18.5 Å². The Labute approximate surface area is 158 Å². The molecule has 1 amide bonds. The molecule has 2 aromatic rings. The Bertz CT molecular complexity index is 746. The summed E-state index contributed by atoms with van der Waals surface area (Å²) in [7, 11) is 1.97. The average molecular weight is 374 g/mol. The summed E-state index contributed by atoms with van der Waals surface area (Å²) < 4.78 is 1.93. The van der Waals surface area contributed by atoms with E-state index in [9.17, 15) is 4.79 Å². The first kappa shape index (κ1) is 17.7. The van der Waals surface area contributed by atoms with Gasteiger partial charge >= 0.3 is 0 Å². The molecule has 26 heavy (non-hydrogen) atoms. The fourth-order valence-electron chi connectivity index (χ4n) is 4.13. The smallest absolute Gasteiger partial charge is 0.274 e. The van der Waals surface area contributed by atoms with Gasteiger partial charge in [-0.2, -0.15) is 5.10 Å². The second-order valence-electron chi connectivity index (χ2n) is 7.35. The number of likely N-dealkylation sites (tertiary alicyclic amines) is 1. The maximum absolute atomic E-state index is 13.1. The van der Waals surface area contributed by atoms with Crippen LogP contribution in [-0.2, 0) is 26.4 Å². The molecule has 2 aromatic heterocycles. The zero-order chi connectivity index (χ0) is 17.9. The third-order valence-electron chi connectivity index (χ3n) is 5.58. The van der Waals surface area contributed by atoms with Crippen LogP contribution < -0.4 is 5.32 Å². The lowest BCUT2D eigenvalue weighted by atomic mass is 9.91. The molecule has 0 unspecified atom stereocenters. The molecular formula is C19H27N5OS. The first-order chi connectivity index (χ1) is 12.7. The molecule has 1 aliphatic heterocycles. The van der Waals surface area contributed by atoms with Crippen LogP contribution in [0.4, 0.5) is 0 Å². The molecule has 3 heterocycles. The first-order valence-corrected chi connectivity index (χ1v) is 10.6. The first-order valence-electron chi connectivity index (χ1n) is 9.68. The lowest BCUT2D eigenvalue weighted by molar-refractivity contribution is 0.0753. The zero-order valence-electron chi connectivity index (χ0n) is 15.4. The Kier molecular flexibility index (Phi) is 5.36. The standard InChI is InChI=1S/C19H27N5OS/c1-23-16-7-6-14(21-13-17-20-8-11-26-17)12-15(16)18(22-23)19(25)24-9-4-2-3-5-10-24/h8,11,14,21H,2-7,9-10,12-13H2,1H3/t14-/m1/s1. The van der Waals surface area contributed by atoms with Gasteiger partial charge in [0.1, 0.15) is 5.01 Å². The van der Waals surface area contributed by atoms with E-state index < -0.39 is 0 Å². The van der Waals surface area contributed by atoms with E-state index in [1.807, 2.05) is 28.2 Å². The van der Waals surface area contributed by atoms with Gasteiger partial charge in [0.2, 0.25) is 0 Å². The molecule has 4 rings (SSSR count). The van der Waals surface area contributed by atoms with Crippen molar-refractivity contribution in [3.8, 4) is 0 Å². The van der Waals surface area contributed by atoms with Gasteiger partial charge in [-0.3, -0.25) is 9.48 Å². The Morgan fingerprint density at radius 1 is 1.31 bits per heavy atom. The highest BCUT2D eigenvalue weighted by molar-refractivity contribution is 7.09. The number of nitrogens with one attached hydrogen (secondary N) is 1. The van der Waals surface area contributed by atoms with Crippen LogP contribution in [0, 0.1) is 0 Å². The third-order valence-corrected chi connectivity index (χ3v) is 6.36. The van der Waals surface area contributed by atoms with Gasteiger partial charge in [0.25, 0.3) is 5.91 Å². The quantitative estimate of drug-likeness (QED) is 0.895. The van der Waals surface area contributed by atoms with Crippen LogP contribution in [0.3, 0.4) is 0 Å². The molecule has 2 aliphatic rings. The highest BCUT2D eigenvalue weighted by Gasteiger charge is 2.30. The van der Waals surface area contributed by atoms with Crippen molar-refractivity contribution >= 4 is 17.2 Å². The van der Waals surface area contributed by atoms with Crippen molar-refractivity contribution in [1.82, 2.24) is 25.0 Å². The van der Waals surface area contributed by atoms with E-state index in [-0.39, 0.29) is 5.91 Å². The molecule has 1 saturated heterocycles. The summed E-state index contributed by atoms with van der Waals surface area (Å²) in [5, 5.41) is 11.4. The summed E-state index contributed by atoms with van der Waals surface area (Å²) in [6.07, 6.45) is 9.46. The van der Waals surface area contributed by atoms with Gasteiger partial charge in [-0.1, -0.05) is 12.8 Å². The Balaban J connectivity index is 1.49. The van der Waals surface area contributed by atoms with Gasteiger partial charge in [0, 0.05) is 55.6 Å². The summed E-state index contributed by atoms with van der Waals surface area (Å²) in [5.41, 5.74) is 3.07. The molecule has 140 valence electrons. The fourth-order valence-corrected chi connectivity index (χ4v) is 4.70. The van der Waals surface area contributed by atoms with E-state index in [0.29, 0.717) is 11.7 Å². The number of nitrogens with zero attached hydrogens (tertiary/aromatic N) is 4. The molecule has 1 N–H and O–H groups in total. The van der Waals surface area contributed by atoms with Gasteiger partial charge in [0.15, 0.2) is 5.69 Å². The second-order valence-corrected chi connectivity index (χ2v) is 8.33. The minimum atomic E-state index is 0.129. The molecule has 6 nitrogen and oxygen atoms in total. The topological polar surface area (TPSA) is 63.1 Å². The van der Waals surface area contributed by atoms with Crippen molar-refractivity contribution in [2.24, 2.45) is 7.05 Å². The normalized spacial score (nSPS) is 20.7. The van der Waals surface area contributed by atoms with Gasteiger partial charge in [-0.25, -0.2) is 4.98 Å². The van der Waals surface area contributed by atoms with Crippen molar-refractivity contribution in [3.05, 3.63) is 33.5 Å². The van der Waals surface area contributed by atoms with Crippen LogP contribution in [0.2, 0.25) is 0 Å². The third kappa shape index (κ3) is 3.69. The minimum Gasteiger partial charge on any atom is -0.337 e. The molecular weight excluding hydrogens is 346 g/mol. The van der Waals surface area contributed by atoms with Gasteiger partial charge in [0.05, 0.1) is 0 Å². The fraction of sp³-hybridized carbons (Fsp3) is 0.632. The van der Waals surface area contributed by atoms with Gasteiger partial charge in [-0.15, -0.1) is 11.3 Å². The molecule has 0 aromatic carbocycles. The number of carbonyl (C=O) groups excluding carboxylic acids is 1. The highest BCUT2D eigenvalue weighted by atomic mass is 32.1. The van der Waals surface area contributed by atoms with Crippen LogP contribution >= 0.6 is 11.3 Å². The van der Waals surface area contributed by atoms with Crippen LogP contribution in [0.1, 0.15) is 58.9 Å². The number of carbonyl (C=O) groups is 1. The second kappa shape index (κ2) is 7.88. The van der Waals surface area contributed by atoms with Crippen LogP contribution in [-0.4, -0.2) is 44.7 Å². The lowest BCUT2D eigenvalue weighted by Crippen LogP contribution is -2.36. The van der Waals surface area contributed by atoms with Crippen LogP contribution in [0.25, 0.3) is 0 Å². The number of aromatic nitrogens is 3. The molecule has 1 atom stereocenters. The summed E-state index contributed by atoms with van der Waals surface area (Å²) in [6, 6.07) is 0.381. The number of rotatable bonds is 4. The number of thiazole rings is 1. The van der Waals surface area contributed by atoms with Crippen LogP contribution in [0.15, 0.2) is 11.6 Å². The van der Waals surface area contributed by atoms with Gasteiger partial charge in [-0.05, 0) is 32.1 Å². The van der Waals surface area contributed by atoms with Crippen molar-refractivity contribution in [2.45, 2.75) is 57.5 Å². The molecule has 0 spiro atoms. The summed E-state index contributed by atoms with van der Waals surface area (Å²) >= 11 is 1.68. The molecule has 7 heteroatoms. The Hall–Kier alpha value is -1.73. The average Bonchev–Trinajstić information content (AvgIpc) is 3.19. The summed E-state index contributed by atoms with van der Waals surface area (Å²) in [5.74, 6) is 0.129. The molecule has 1 aliphatic carbocycles. The SMILES string of the molecule is Cn1nc(C(=O)N2CCCCCC2)c2c1CC[C@@H](NCc1nccs1)C2. The van der Waals surface area contributed by atoms with E-state index in [2.05, 4.69) is 15.4 Å². The van der Waals surface area contributed by atoms with E-state index in [4.69, 9.17) is 0 Å². The maximum Gasteiger partial charge on any atom is 0.274 e. The molecule has 0 saturated carbocycles. The monoisotopic (exact) mass is 373 g/mol. The minimum absolute atomic E-state index is 0.129. The Morgan fingerprint density at radius 2 is 2.12 bits per heavy atom. The number of hydrogen-bond donors (Lipinski definition) is 1.